The molecule has 0 amide bonds. The van der Waals surface area contributed by atoms with Crippen LogP contribution in [0.4, 0.5) is 34.1 Å². The van der Waals surface area contributed by atoms with E-state index >= 15 is 0 Å². The fourth-order valence-corrected chi connectivity index (χ4v) is 7.95. The van der Waals surface area contributed by atoms with Crippen molar-refractivity contribution in [3.05, 3.63) is 97.1 Å². The van der Waals surface area contributed by atoms with Crippen molar-refractivity contribution in [3.63, 3.8) is 0 Å². The van der Waals surface area contributed by atoms with Gasteiger partial charge in [-0.15, -0.1) is 44.0 Å². The number of nitrogens with two attached hydrogens (primary N) is 2. The standard InChI is InChI=1S/C34H28N6O6S4/c1-47-29-15-19(11-13-25(29)37-39-27-17-31(49(41,42)43)21-7-3-5-9-23(21)33(27)35)20-12-14-26(30(16-20)48-2)38-40-28-18-32(50(44,45)46)22-8-4-6-10-24(22)34(28)36/h3-18H,35-36H2,1-2H3,(H,41,42,43)(H,44,45,46)/b39-37+,40-38+. The van der Waals surface area contributed by atoms with Crippen molar-refractivity contribution >= 4 is 99.4 Å². The van der Waals surface area contributed by atoms with Crippen LogP contribution in [0.3, 0.4) is 0 Å². The highest BCUT2D eigenvalue weighted by molar-refractivity contribution is 7.99. The van der Waals surface area contributed by atoms with Crippen LogP contribution in [0.2, 0.25) is 0 Å². The van der Waals surface area contributed by atoms with Gasteiger partial charge in [-0.3, -0.25) is 9.11 Å². The lowest BCUT2D eigenvalue weighted by Crippen LogP contribution is -2.01. The van der Waals surface area contributed by atoms with E-state index in [1.807, 2.05) is 36.8 Å². The lowest BCUT2D eigenvalue weighted by molar-refractivity contribution is 0.482. The van der Waals surface area contributed by atoms with Crippen LogP contribution >= 0.6 is 23.5 Å². The molecule has 12 nitrogen and oxygen atoms in total. The molecular formula is C34H28N6O6S4. The molecule has 0 saturated carbocycles. The first-order chi connectivity index (χ1) is 23.8. The first-order valence-electron chi connectivity index (χ1n) is 14.6. The number of fused-ring (bicyclic) bond motifs is 2. The summed E-state index contributed by atoms with van der Waals surface area (Å²) in [6.45, 7) is 0. The molecule has 6 aromatic carbocycles. The molecule has 0 atom stereocenters. The molecular weight excluding hydrogens is 717 g/mol. The van der Waals surface area contributed by atoms with Gasteiger partial charge in [0.25, 0.3) is 20.2 Å². The summed E-state index contributed by atoms with van der Waals surface area (Å²) in [5.41, 5.74) is 16.1. The second kappa shape index (κ2) is 13.8. The Morgan fingerprint density at radius 1 is 0.500 bits per heavy atom. The van der Waals surface area contributed by atoms with E-state index in [0.29, 0.717) is 22.1 Å². The summed E-state index contributed by atoms with van der Waals surface area (Å²) in [5.74, 6) is 0. The Bertz CT molecular complexity index is 2430. The second-order valence-corrected chi connectivity index (χ2v) is 15.3. The largest absolute Gasteiger partial charge is 0.396 e. The van der Waals surface area contributed by atoms with E-state index in [1.165, 1.54) is 35.7 Å². The Kier molecular flexibility index (Phi) is 9.67. The van der Waals surface area contributed by atoms with Crippen LogP contribution in [0.1, 0.15) is 0 Å². The van der Waals surface area contributed by atoms with Gasteiger partial charge in [0, 0.05) is 31.3 Å². The van der Waals surface area contributed by atoms with Crippen LogP contribution in [0.15, 0.2) is 137 Å². The fraction of sp³-hybridized carbons (Fsp3) is 0.0588. The third-order valence-corrected chi connectivity index (χ3v) is 11.2. The average molecular weight is 745 g/mol. The van der Waals surface area contributed by atoms with E-state index in [-0.39, 0.29) is 43.3 Å². The lowest BCUT2D eigenvalue weighted by atomic mass is 10.0. The van der Waals surface area contributed by atoms with Gasteiger partial charge in [0.05, 0.1) is 22.7 Å². The third kappa shape index (κ3) is 6.94. The molecule has 50 heavy (non-hydrogen) atoms. The summed E-state index contributed by atoms with van der Waals surface area (Å²) in [6, 6.07) is 26.7. The molecule has 0 bridgehead atoms. The number of hydrogen-bond acceptors (Lipinski definition) is 12. The minimum Gasteiger partial charge on any atom is -0.396 e. The van der Waals surface area contributed by atoms with Crippen LogP contribution in [0.5, 0.6) is 0 Å². The van der Waals surface area contributed by atoms with Crippen LogP contribution in [-0.4, -0.2) is 38.5 Å². The zero-order valence-corrected chi connectivity index (χ0v) is 29.6. The van der Waals surface area contributed by atoms with Gasteiger partial charge in [-0.2, -0.15) is 16.8 Å². The van der Waals surface area contributed by atoms with Crippen molar-refractivity contribution in [1.29, 1.82) is 0 Å². The minimum absolute atomic E-state index is 0.0986. The third-order valence-electron chi connectivity index (χ3n) is 7.83. The zero-order chi connectivity index (χ0) is 35.8. The molecule has 6 N–H and O–H groups in total. The Morgan fingerprint density at radius 2 is 0.840 bits per heavy atom. The first-order valence-corrected chi connectivity index (χ1v) is 19.9. The molecule has 6 aromatic rings. The summed E-state index contributed by atoms with van der Waals surface area (Å²) in [6.07, 6.45) is 3.78. The second-order valence-electron chi connectivity index (χ2n) is 10.8. The molecule has 0 unspecified atom stereocenters. The summed E-state index contributed by atoms with van der Waals surface area (Å²) in [4.78, 5) is 0.953. The number of benzene rings is 6. The molecule has 254 valence electrons. The molecule has 0 aliphatic heterocycles. The summed E-state index contributed by atoms with van der Waals surface area (Å²) in [5, 5.41) is 18.7. The van der Waals surface area contributed by atoms with E-state index in [1.54, 1.807) is 60.7 Å². The fourth-order valence-electron chi connectivity index (χ4n) is 5.39. The van der Waals surface area contributed by atoms with Gasteiger partial charge < -0.3 is 11.5 Å². The van der Waals surface area contributed by atoms with E-state index in [0.717, 1.165) is 20.9 Å². The molecule has 0 spiro atoms. The smallest absolute Gasteiger partial charge is 0.295 e. The highest BCUT2D eigenvalue weighted by atomic mass is 32.2. The number of hydrogen-bond donors (Lipinski definition) is 4. The lowest BCUT2D eigenvalue weighted by Gasteiger charge is -2.11. The molecule has 0 aromatic heterocycles. The molecule has 0 fully saturated rings. The number of azo groups is 2. The van der Waals surface area contributed by atoms with Gasteiger partial charge in [0.15, 0.2) is 0 Å². The van der Waals surface area contributed by atoms with Crippen molar-refractivity contribution in [2.75, 3.05) is 24.0 Å². The van der Waals surface area contributed by atoms with Gasteiger partial charge in [-0.1, -0.05) is 60.7 Å². The van der Waals surface area contributed by atoms with Crippen LogP contribution in [-0.2, 0) is 20.2 Å². The van der Waals surface area contributed by atoms with Crippen LogP contribution in [0, 0.1) is 0 Å². The number of anilines is 2. The highest BCUT2D eigenvalue weighted by Gasteiger charge is 2.20. The van der Waals surface area contributed by atoms with Gasteiger partial charge in [-0.25, -0.2) is 0 Å². The van der Waals surface area contributed by atoms with Gasteiger partial charge in [-0.05, 0) is 60.0 Å². The Balaban J connectivity index is 1.32. The topological polar surface area (TPSA) is 210 Å². The Labute approximate surface area is 296 Å². The zero-order valence-electron chi connectivity index (χ0n) is 26.3. The van der Waals surface area contributed by atoms with E-state index in [4.69, 9.17) is 11.5 Å². The number of thioether (sulfide) groups is 2. The molecule has 0 radical (unpaired) electrons. The summed E-state index contributed by atoms with van der Waals surface area (Å²) < 4.78 is 68.2. The summed E-state index contributed by atoms with van der Waals surface area (Å²) >= 11 is 2.89. The van der Waals surface area contributed by atoms with Crippen molar-refractivity contribution in [2.24, 2.45) is 20.5 Å². The monoisotopic (exact) mass is 744 g/mol. The van der Waals surface area contributed by atoms with Crippen molar-refractivity contribution in [2.45, 2.75) is 19.6 Å². The van der Waals surface area contributed by atoms with Crippen LogP contribution < -0.4 is 11.5 Å². The van der Waals surface area contributed by atoms with Crippen molar-refractivity contribution in [1.82, 2.24) is 0 Å². The molecule has 0 aliphatic rings. The Hall–Kier alpha value is -4.84. The van der Waals surface area contributed by atoms with Crippen molar-refractivity contribution in [3.8, 4) is 11.1 Å². The van der Waals surface area contributed by atoms with Gasteiger partial charge >= 0.3 is 0 Å². The predicted molar refractivity (Wildman–Crippen MR) is 200 cm³/mol. The van der Waals surface area contributed by atoms with Crippen LogP contribution in [0.25, 0.3) is 32.7 Å². The normalized spacial score (nSPS) is 12.5. The van der Waals surface area contributed by atoms with E-state index < -0.39 is 20.2 Å². The molecule has 0 aliphatic carbocycles. The van der Waals surface area contributed by atoms with Gasteiger partial charge in [0.1, 0.15) is 21.2 Å². The van der Waals surface area contributed by atoms with E-state index in [9.17, 15) is 25.9 Å². The van der Waals surface area contributed by atoms with Gasteiger partial charge in [0.2, 0.25) is 0 Å². The molecule has 0 heterocycles. The molecule has 0 saturated heterocycles. The maximum Gasteiger partial charge on any atom is 0.295 e. The quantitative estimate of drug-likeness (QED) is 0.0476. The maximum absolute atomic E-state index is 12.1. The minimum atomic E-state index is -4.56. The summed E-state index contributed by atoms with van der Waals surface area (Å²) in [7, 11) is -9.11. The SMILES string of the molecule is CSc1cc(-c2ccc(/N=N/c3cc(S(=O)(=O)O)c4ccccc4c3N)c(SC)c2)ccc1/N=N/c1cc(S(=O)(=O)O)c2ccccc2c1N. The average Bonchev–Trinajstić information content (AvgIpc) is 3.10. The molecule has 16 heteroatoms. The van der Waals surface area contributed by atoms with E-state index in [2.05, 4.69) is 20.5 Å². The van der Waals surface area contributed by atoms with Crippen molar-refractivity contribution < 1.29 is 25.9 Å². The predicted octanol–water partition coefficient (Wildman–Crippen LogP) is 9.59. The maximum atomic E-state index is 12.1. The number of rotatable bonds is 9. The number of nitrogens with zero attached hydrogens (tertiary/aromatic N) is 4. The highest BCUT2D eigenvalue weighted by Crippen LogP contribution is 2.41. The Morgan fingerprint density at radius 3 is 1.18 bits per heavy atom. The molecule has 6 rings (SSSR count). The number of nitrogen functional groups attached to an aromatic ring is 2. The first kappa shape index (κ1) is 35.0.